The molecule has 1 aliphatic carbocycles. The molecule has 7 nitrogen and oxygen atoms in total. The Kier molecular flexibility index (Phi) is 3.04. The van der Waals surface area contributed by atoms with Gasteiger partial charge in [-0.2, -0.15) is 0 Å². The number of aromatic nitrogens is 3. The Hall–Kier alpha value is -2.57. The molecule has 7 heteroatoms. The van der Waals surface area contributed by atoms with Crippen molar-refractivity contribution in [2.45, 2.75) is 19.3 Å². The lowest BCUT2D eigenvalue weighted by atomic mass is 9.81. The standard InChI is InChI=1S/C16H16N4O3/c21-14(13-17-11-5-1-2-6-12(11)18-19-13)20-8-10-4-3-7-16(10,9-20)15(22)23/h1-2,5-6,10H,3-4,7-9H2,(H,22,23)/t10-,16+/m0/s1. The summed E-state index contributed by atoms with van der Waals surface area (Å²) in [6.45, 7) is 0.698. The quantitative estimate of drug-likeness (QED) is 0.899. The highest BCUT2D eigenvalue weighted by molar-refractivity contribution is 5.93. The zero-order valence-electron chi connectivity index (χ0n) is 12.5. The number of rotatable bonds is 2. The normalized spacial score (nSPS) is 26.4. The lowest BCUT2D eigenvalue weighted by Gasteiger charge is -2.22. The van der Waals surface area contributed by atoms with Crippen LogP contribution in [0.15, 0.2) is 24.3 Å². The number of para-hydroxylation sites is 1. The van der Waals surface area contributed by atoms with Gasteiger partial charge in [0.25, 0.3) is 5.91 Å². The van der Waals surface area contributed by atoms with Gasteiger partial charge in [0.15, 0.2) is 0 Å². The van der Waals surface area contributed by atoms with Crippen LogP contribution in [-0.2, 0) is 4.79 Å². The number of amides is 1. The largest absolute Gasteiger partial charge is 0.481 e. The number of fused-ring (bicyclic) bond motifs is 2. The maximum Gasteiger partial charge on any atom is 0.311 e. The average molecular weight is 312 g/mol. The molecule has 2 aliphatic rings. The Bertz CT molecular complexity index is 809. The first kappa shape index (κ1) is 14.0. The summed E-state index contributed by atoms with van der Waals surface area (Å²) in [5.74, 6) is -1.08. The van der Waals surface area contributed by atoms with Gasteiger partial charge in [0, 0.05) is 13.1 Å². The summed E-state index contributed by atoms with van der Waals surface area (Å²) in [6, 6.07) is 7.21. The number of benzene rings is 1. The maximum atomic E-state index is 12.7. The molecular weight excluding hydrogens is 296 g/mol. The zero-order chi connectivity index (χ0) is 16.0. The van der Waals surface area contributed by atoms with Crippen molar-refractivity contribution in [3.63, 3.8) is 0 Å². The van der Waals surface area contributed by atoms with E-state index in [2.05, 4.69) is 15.2 Å². The van der Waals surface area contributed by atoms with Crippen molar-refractivity contribution in [1.82, 2.24) is 20.1 Å². The molecule has 1 amide bonds. The van der Waals surface area contributed by atoms with Crippen LogP contribution in [0.1, 0.15) is 29.9 Å². The van der Waals surface area contributed by atoms with Crippen LogP contribution in [0.25, 0.3) is 11.0 Å². The molecule has 1 aromatic carbocycles. The van der Waals surface area contributed by atoms with E-state index in [0.29, 0.717) is 24.0 Å². The number of carbonyl (C=O) groups excluding carboxylic acids is 1. The van der Waals surface area contributed by atoms with Gasteiger partial charge in [-0.05, 0) is 30.9 Å². The summed E-state index contributed by atoms with van der Waals surface area (Å²) in [6.07, 6.45) is 2.40. The van der Waals surface area contributed by atoms with E-state index >= 15 is 0 Å². The Morgan fingerprint density at radius 3 is 2.74 bits per heavy atom. The van der Waals surface area contributed by atoms with Crippen molar-refractivity contribution in [3.05, 3.63) is 30.1 Å². The van der Waals surface area contributed by atoms with E-state index in [-0.39, 0.29) is 24.2 Å². The minimum absolute atomic E-state index is 0.0253. The lowest BCUT2D eigenvalue weighted by Crippen LogP contribution is -2.37. The van der Waals surface area contributed by atoms with Gasteiger partial charge in [0.1, 0.15) is 5.52 Å². The van der Waals surface area contributed by atoms with E-state index < -0.39 is 11.4 Å². The minimum atomic E-state index is -0.798. The number of aliphatic carboxylic acids is 1. The van der Waals surface area contributed by atoms with Crippen LogP contribution in [0, 0.1) is 11.3 Å². The molecule has 2 aromatic rings. The molecule has 1 saturated carbocycles. The zero-order valence-corrected chi connectivity index (χ0v) is 12.5. The molecule has 0 spiro atoms. The van der Waals surface area contributed by atoms with Crippen molar-refractivity contribution >= 4 is 22.9 Å². The molecule has 2 heterocycles. The molecule has 0 bridgehead atoms. The molecule has 1 saturated heterocycles. The predicted octanol–water partition coefficient (Wildman–Crippen LogP) is 1.35. The van der Waals surface area contributed by atoms with Gasteiger partial charge in [-0.15, -0.1) is 10.2 Å². The van der Waals surface area contributed by atoms with Gasteiger partial charge in [-0.1, -0.05) is 18.6 Å². The van der Waals surface area contributed by atoms with Crippen LogP contribution >= 0.6 is 0 Å². The van der Waals surface area contributed by atoms with E-state index in [1.54, 1.807) is 17.0 Å². The lowest BCUT2D eigenvalue weighted by molar-refractivity contribution is -0.149. The molecule has 1 aliphatic heterocycles. The number of likely N-dealkylation sites (tertiary alicyclic amines) is 1. The minimum Gasteiger partial charge on any atom is -0.481 e. The van der Waals surface area contributed by atoms with Crippen molar-refractivity contribution in [2.75, 3.05) is 13.1 Å². The van der Waals surface area contributed by atoms with Gasteiger partial charge in [-0.25, -0.2) is 4.98 Å². The number of hydrogen-bond donors (Lipinski definition) is 1. The molecule has 4 rings (SSSR count). The van der Waals surface area contributed by atoms with Gasteiger partial charge in [0.05, 0.1) is 10.9 Å². The van der Waals surface area contributed by atoms with Crippen LogP contribution in [0.2, 0.25) is 0 Å². The van der Waals surface area contributed by atoms with E-state index in [9.17, 15) is 14.7 Å². The fourth-order valence-corrected chi connectivity index (χ4v) is 3.91. The Labute approximate surface area is 132 Å². The summed E-state index contributed by atoms with van der Waals surface area (Å²) in [5.41, 5.74) is 0.447. The third-order valence-corrected chi connectivity index (χ3v) is 5.14. The highest BCUT2D eigenvalue weighted by Crippen LogP contribution is 2.49. The SMILES string of the molecule is O=C(c1nnc2ccccc2n1)N1C[C@@H]2CCC[C@@]2(C(=O)O)C1. The summed E-state index contributed by atoms with van der Waals surface area (Å²) < 4.78 is 0. The van der Waals surface area contributed by atoms with Crippen LogP contribution in [0.3, 0.4) is 0 Å². The Balaban J connectivity index is 1.63. The topological polar surface area (TPSA) is 96.3 Å². The van der Waals surface area contributed by atoms with E-state index in [4.69, 9.17) is 0 Å². The van der Waals surface area contributed by atoms with E-state index in [0.717, 1.165) is 12.8 Å². The molecule has 1 N–H and O–H groups in total. The molecule has 0 unspecified atom stereocenters. The fourth-order valence-electron chi connectivity index (χ4n) is 3.91. The summed E-state index contributed by atoms with van der Waals surface area (Å²) >= 11 is 0. The van der Waals surface area contributed by atoms with Gasteiger partial charge in [0.2, 0.25) is 5.82 Å². The van der Waals surface area contributed by atoms with Crippen LogP contribution in [-0.4, -0.2) is 50.2 Å². The second kappa shape index (κ2) is 4.97. The van der Waals surface area contributed by atoms with Crippen molar-refractivity contribution < 1.29 is 14.7 Å². The maximum absolute atomic E-state index is 12.7. The highest BCUT2D eigenvalue weighted by Gasteiger charge is 2.56. The van der Waals surface area contributed by atoms with Gasteiger partial charge >= 0.3 is 5.97 Å². The third-order valence-electron chi connectivity index (χ3n) is 5.14. The van der Waals surface area contributed by atoms with Crippen LogP contribution in [0.5, 0.6) is 0 Å². The monoisotopic (exact) mass is 312 g/mol. The number of hydrogen-bond acceptors (Lipinski definition) is 5. The van der Waals surface area contributed by atoms with Crippen LogP contribution in [0.4, 0.5) is 0 Å². The van der Waals surface area contributed by atoms with Gasteiger partial charge in [-0.3, -0.25) is 9.59 Å². The van der Waals surface area contributed by atoms with Crippen molar-refractivity contribution in [3.8, 4) is 0 Å². The van der Waals surface area contributed by atoms with Crippen molar-refractivity contribution in [2.24, 2.45) is 11.3 Å². The highest BCUT2D eigenvalue weighted by atomic mass is 16.4. The Morgan fingerprint density at radius 1 is 1.22 bits per heavy atom. The molecule has 0 radical (unpaired) electrons. The van der Waals surface area contributed by atoms with E-state index in [1.807, 2.05) is 12.1 Å². The third kappa shape index (κ3) is 2.07. The first-order chi connectivity index (χ1) is 11.1. The van der Waals surface area contributed by atoms with E-state index in [1.165, 1.54) is 0 Å². The fraction of sp³-hybridized carbons (Fsp3) is 0.438. The van der Waals surface area contributed by atoms with Gasteiger partial charge < -0.3 is 10.0 Å². The summed E-state index contributed by atoms with van der Waals surface area (Å²) in [7, 11) is 0. The second-order valence-electron chi connectivity index (χ2n) is 6.36. The number of nitrogens with zero attached hydrogens (tertiary/aromatic N) is 4. The first-order valence-corrected chi connectivity index (χ1v) is 7.72. The predicted molar refractivity (Wildman–Crippen MR) is 80.6 cm³/mol. The summed E-state index contributed by atoms with van der Waals surface area (Å²) in [5, 5.41) is 17.5. The number of carbonyl (C=O) groups is 2. The molecule has 23 heavy (non-hydrogen) atoms. The molecule has 2 atom stereocenters. The molecule has 2 fully saturated rings. The summed E-state index contributed by atoms with van der Waals surface area (Å²) in [4.78, 5) is 30.2. The molecular formula is C16H16N4O3. The smallest absolute Gasteiger partial charge is 0.311 e. The number of carboxylic acid groups (broad SMARTS) is 1. The van der Waals surface area contributed by atoms with Crippen molar-refractivity contribution in [1.29, 1.82) is 0 Å². The Morgan fingerprint density at radius 2 is 2.00 bits per heavy atom. The molecule has 1 aromatic heterocycles. The number of carboxylic acids is 1. The average Bonchev–Trinajstić information content (AvgIpc) is 3.12. The first-order valence-electron chi connectivity index (χ1n) is 7.72. The second-order valence-corrected chi connectivity index (χ2v) is 6.36. The molecule has 118 valence electrons. The van der Waals surface area contributed by atoms with Crippen LogP contribution < -0.4 is 0 Å².